The molecule has 23 heavy (non-hydrogen) atoms. The van der Waals surface area contributed by atoms with Crippen molar-refractivity contribution in [3.63, 3.8) is 0 Å². The van der Waals surface area contributed by atoms with Crippen LogP contribution in [-0.4, -0.2) is 42.1 Å². The van der Waals surface area contributed by atoms with Crippen LogP contribution in [0, 0.1) is 0 Å². The number of hydrogen-bond acceptors (Lipinski definition) is 5. The fourth-order valence-corrected chi connectivity index (χ4v) is 2.36. The normalized spacial score (nSPS) is 11.0. The van der Waals surface area contributed by atoms with Gasteiger partial charge in [0.15, 0.2) is 0 Å². The Morgan fingerprint density at radius 3 is 2.65 bits per heavy atom. The van der Waals surface area contributed by atoms with Gasteiger partial charge in [0.25, 0.3) is 0 Å². The smallest absolute Gasteiger partial charge is 0.224 e. The quantitative estimate of drug-likeness (QED) is 0.728. The van der Waals surface area contributed by atoms with Crippen LogP contribution in [0.15, 0.2) is 36.5 Å². The molecule has 124 valence electrons. The molecule has 0 aliphatic carbocycles. The molecule has 0 aliphatic rings. The van der Waals surface area contributed by atoms with Crippen molar-refractivity contribution >= 4 is 17.5 Å². The molecule has 2 rings (SSSR count). The summed E-state index contributed by atoms with van der Waals surface area (Å²) in [7, 11) is 4.15. The Morgan fingerprint density at radius 1 is 1.13 bits per heavy atom. The molecule has 1 aromatic heterocycles. The number of para-hydroxylation sites is 1. The molecule has 0 saturated heterocycles. The number of nitrogens with one attached hydrogen (secondary N) is 2. The SMILES string of the molecule is CC(C)c1ccccc1Nc1ccnc(NCCCN(C)C)n1. The Morgan fingerprint density at radius 2 is 1.91 bits per heavy atom. The number of aromatic nitrogens is 2. The predicted octanol–water partition coefficient (Wildman–Crippen LogP) is 3.71. The van der Waals surface area contributed by atoms with Gasteiger partial charge in [0.2, 0.25) is 5.95 Å². The van der Waals surface area contributed by atoms with E-state index in [-0.39, 0.29) is 0 Å². The lowest BCUT2D eigenvalue weighted by atomic mass is 10.0. The van der Waals surface area contributed by atoms with Gasteiger partial charge in [0.1, 0.15) is 5.82 Å². The molecule has 2 aromatic rings. The number of benzene rings is 1. The van der Waals surface area contributed by atoms with Gasteiger partial charge in [-0.15, -0.1) is 0 Å². The third-order valence-corrected chi connectivity index (χ3v) is 3.57. The van der Waals surface area contributed by atoms with Crippen LogP contribution in [0.4, 0.5) is 17.5 Å². The van der Waals surface area contributed by atoms with E-state index in [0.717, 1.165) is 31.0 Å². The zero-order valence-corrected chi connectivity index (χ0v) is 14.5. The van der Waals surface area contributed by atoms with E-state index in [1.54, 1.807) is 6.20 Å². The van der Waals surface area contributed by atoms with Crippen LogP contribution in [0.3, 0.4) is 0 Å². The molecule has 1 heterocycles. The summed E-state index contributed by atoms with van der Waals surface area (Å²) < 4.78 is 0. The summed E-state index contributed by atoms with van der Waals surface area (Å²) in [6.45, 7) is 6.30. The van der Waals surface area contributed by atoms with Crippen molar-refractivity contribution in [1.82, 2.24) is 14.9 Å². The highest BCUT2D eigenvalue weighted by molar-refractivity contribution is 5.61. The van der Waals surface area contributed by atoms with Crippen LogP contribution < -0.4 is 10.6 Å². The lowest BCUT2D eigenvalue weighted by Gasteiger charge is -2.14. The predicted molar refractivity (Wildman–Crippen MR) is 97.5 cm³/mol. The molecule has 0 spiro atoms. The standard InChI is InChI=1S/C18H27N5/c1-14(2)15-8-5-6-9-16(15)21-17-10-12-20-18(22-17)19-11-7-13-23(3)4/h5-6,8-10,12,14H,7,11,13H2,1-4H3,(H2,19,20,21,22). The molecule has 0 saturated carbocycles. The summed E-state index contributed by atoms with van der Waals surface area (Å²) in [6, 6.07) is 10.2. The monoisotopic (exact) mass is 313 g/mol. The van der Waals surface area contributed by atoms with E-state index < -0.39 is 0 Å². The highest BCUT2D eigenvalue weighted by Crippen LogP contribution is 2.26. The van der Waals surface area contributed by atoms with Crippen molar-refractivity contribution in [2.24, 2.45) is 0 Å². The Kier molecular flexibility index (Phi) is 6.35. The van der Waals surface area contributed by atoms with Crippen molar-refractivity contribution in [2.75, 3.05) is 37.8 Å². The van der Waals surface area contributed by atoms with Crippen LogP contribution in [0.25, 0.3) is 0 Å². The summed E-state index contributed by atoms with van der Waals surface area (Å²) in [5.41, 5.74) is 2.38. The minimum absolute atomic E-state index is 0.462. The van der Waals surface area contributed by atoms with Gasteiger partial charge in [-0.3, -0.25) is 0 Å². The van der Waals surface area contributed by atoms with Crippen molar-refractivity contribution in [3.05, 3.63) is 42.1 Å². The first-order valence-corrected chi connectivity index (χ1v) is 8.14. The molecular weight excluding hydrogens is 286 g/mol. The van der Waals surface area contributed by atoms with Gasteiger partial charge >= 0.3 is 0 Å². The topological polar surface area (TPSA) is 53.1 Å². The maximum Gasteiger partial charge on any atom is 0.224 e. The van der Waals surface area contributed by atoms with Crippen LogP contribution in [0.5, 0.6) is 0 Å². The molecule has 0 atom stereocenters. The first-order valence-electron chi connectivity index (χ1n) is 8.14. The molecule has 0 amide bonds. The van der Waals surface area contributed by atoms with E-state index in [0.29, 0.717) is 11.9 Å². The van der Waals surface area contributed by atoms with Gasteiger partial charge < -0.3 is 15.5 Å². The second-order valence-electron chi connectivity index (χ2n) is 6.22. The number of hydrogen-bond donors (Lipinski definition) is 2. The largest absolute Gasteiger partial charge is 0.354 e. The maximum absolute atomic E-state index is 4.54. The number of nitrogens with zero attached hydrogens (tertiary/aromatic N) is 3. The second kappa shape index (κ2) is 8.48. The average Bonchev–Trinajstić information content (AvgIpc) is 2.52. The number of rotatable bonds is 8. The summed E-state index contributed by atoms with van der Waals surface area (Å²) >= 11 is 0. The Labute approximate surface area is 139 Å². The van der Waals surface area contributed by atoms with E-state index in [9.17, 15) is 0 Å². The highest BCUT2D eigenvalue weighted by Gasteiger charge is 2.07. The molecule has 0 unspecified atom stereocenters. The molecule has 0 aliphatic heterocycles. The lowest BCUT2D eigenvalue weighted by Crippen LogP contribution is -2.17. The molecule has 5 heteroatoms. The third-order valence-electron chi connectivity index (χ3n) is 3.57. The van der Waals surface area contributed by atoms with E-state index >= 15 is 0 Å². The molecule has 0 fully saturated rings. The maximum atomic E-state index is 4.54. The van der Waals surface area contributed by atoms with Crippen LogP contribution in [0.2, 0.25) is 0 Å². The Bertz CT molecular complexity index is 610. The first-order chi connectivity index (χ1) is 11.1. The van der Waals surface area contributed by atoms with Gasteiger partial charge in [0.05, 0.1) is 0 Å². The van der Waals surface area contributed by atoms with Gasteiger partial charge in [-0.05, 0) is 50.7 Å². The molecule has 2 N–H and O–H groups in total. The van der Waals surface area contributed by atoms with Gasteiger partial charge in [-0.2, -0.15) is 4.98 Å². The minimum Gasteiger partial charge on any atom is -0.354 e. The average molecular weight is 313 g/mol. The molecule has 0 bridgehead atoms. The molecule has 1 aromatic carbocycles. The Balaban J connectivity index is 2.00. The zero-order valence-electron chi connectivity index (χ0n) is 14.5. The zero-order chi connectivity index (χ0) is 16.7. The second-order valence-corrected chi connectivity index (χ2v) is 6.22. The Hall–Kier alpha value is -2.14. The molecule has 5 nitrogen and oxygen atoms in total. The first kappa shape index (κ1) is 17.2. The van der Waals surface area contributed by atoms with Crippen molar-refractivity contribution in [1.29, 1.82) is 0 Å². The van der Waals surface area contributed by atoms with Crippen molar-refractivity contribution < 1.29 is 0 Å². The molecular formula is C18H27N5. The van der Waals surface area contributed by atoms with Gasteiger partial charge in [0, 0.05) is 18.4 Å². The third kappa shape index (κ3) is 5.53. The van der Waals surface area contributed by atoms with E-state index in [1.165, 1.54) is 5.56 Å². The van der Waals surface area contributed by atoms with E-state index in [2.05, 4.69) is 71.6 Å². The fraction of sp³-hybridized carbons (Fsp3) is 0.444. The van der Waals surface area contributed by atoms with Crippen LogP contribution >= 0.6 is 0 Å². The molecule has 0 radical (unpaired) electrons. The van der Waals surface area contributed by atoms with Gasteiger partial charge in [-0.1, -0.05) is 32.0 Å². The summed E-state index contributed by atoms with van der Waals surface area (Å²) in [5.74, 6) is 1.93. The summed E-state index contributed by atoms with van der Waals surface area (Å²) in [5, 5.41) is 6.68. The summed E-state index contributed by atoms with van der Waals surface area (Å²) in [6.07, 6.45) is 2.84. The van der Waals surface area contributed by atoms with E-state index in [4.69, 9.17) is 0 Å². The van der Waals surface area contributed by atoms with Crippen molar-refractivity contribution in [2.45, 2.75) is 26.2 Å². The number of anilines is 3. The van der Waals surface area contributed by atoms with Crippen LogP contribution in [-0.2, 0) is 0 Å². The van der Waals surface area contributed by atoms with Crippen molar-refractivity contribution in [3.8, 4) is 0 Å². The van der Waals surface area contributed by atoms with Gasteiger partial charge in [-0.25, -0.2) is 4.98 Å². The lowest BCUT2D eigenvalue weighted by molar-refractivity contribution is 0.405. The highest BCUT2D eigenvalue weighted by atomic mass is 15.1. The summed E-state index contributed by atoms with van der Waals surface area (Å²) in [4.78, 5) is 11.0. The fourth-order valence-electron chi connectivity index (χ4n) is 2.36. The van der Waals surface area contributed by atoms with Crippen LogP contribution in [0.1, 0.15) is 31.7 Å². The minimum atomic E-state index is 0.462. The van der Waals surface area contributed by atoms with E-state index in [1.807, 2.05) is 12.1 Å².